The van der Waals surface area contributed by atoms with Gasteiger partial charge in [0, 0.05) is 0 Å². The van der Waals surface area contributed by atoms with Crippen molar-refractivity contribution in [3.63, 3.8) is 0 Å². The van der Waals surface area contributed by atoms with Crippen LogP contribution in [0.4, 0.5) is 0 Å². The van der Waals surface area contributed by atoms with E-state index in [9.17, 15) is 0 Å². The zero-order chi connectivity index (χ0) is 9.83. The third-order valence-electron chi connectivity index (χ3n) is 1.26. The van der Waals surface area contributed by atoms with Gasteiger partial charge < -0.3 is 0 Å². The molecule has 0 saturated carbocycles. The Balaban J connectivity index is 3.64. The van der Waals surface area contributed by atoms with Gasteiger partial charge in [0.25, 0.3) is 0 Å². The molecule has 0 heterocycles. The van der Waals surface area contributed by atoms with Crippen molar-refractivity contribution in [3.8, 4) is 0 Å². The summed E-state index contributed by atoms with van der Waals surface area (Å²) in [4.78, 5) is 0. The Labute approximate surface area is 90.3 Å². The molecule has 0 bridgehead atoms. The number of hydrogen-bond donors (Lipinski definition) is 0. The van der Waals surface area contributed by atoms with Crippen LogP contribution in [0.1, 0.15) is 34.6 Å². The molecule has 1 unspecified atom stereocenters. The summed E-state index contributed by atoms with van der Waals surface area (Å²) in [6.45, 7) is 11.4. The molecule has 1 atom stereocenters. The van der Waals surface area contributed by atoms with E-state index in [4.69, 9.17) is 0 Å². The van der Waals surface area contributed by atoms with Gasteiger partial charge in [0.05, 0.1) is 0 Å². The Morgan fingerprint density at radius 3 is 2.00 bits per heavy atom. The first-order valence-corrected chi connectivity index (χ1v) is 7.01. The molecule has 0 saturated heterocycles. The molecule has 71 valence electrons. The monoisotopic (exact) mass is 355 g/mol. The molecule has 0 fully saturated rings. The van der Waals surface area contributed by atoms with Crippen LogP contribution >= 0.6 is 8.58 Å². The second-order valence-corrected chi connectivity index (χ2v) is 11.8. The normalized spacial score (nSPS) is 15.1. The van der Waals surface area contributed by atoms with Gasteiger partial charge in [-0.3, -0.25) is 0 Å². The Morgan fingerprint density at radius 2 is 1.67 bits per heavy atom. The molecule has 0 radical (unpaired) electrons. The van der Waals surface area contributed by atoms with Gasteiger partial charge in [-0.2, -0.15) is 0 Å². The van der Waals surface area contributed by atoms with Crippen molar-refractivity contribution in [1.29, 1.82) is 0 Å². The van der Waals surface area contributed by atoms with Crippen molar-refractivity contribution in [3.05, 3.63) is 12.2 Å². The summed E-state index contributed by atoms with van der Waals surface area (Å²) in [5, 5.41) is 0. The standard InChI is InChI=1S/C10H20P.W/c1-9(2)11-8-6-7-10(3,4)5;/h6-7,11H,8H2,1-5H3;/b7-6-;. The molecule has 0 aromatic heterocycles. The molecular weight excluding hydrogens is 335 g/mol. The molecule has 2 heteroatoms. The first-order chi connectivity index (χ1) is 5.21. The number of hydrogen-bond acceptors (Lipinski definition) is 0. The fourth-order valence-electron chi connectivity index (χ4n) is 0.717. The first-order valence-electron chi connectivity index (χ1n) is 4.34. The van der Waals surface area contributed by atoms with Gasteiger partial charge in [-0.1, -0.05) is 0 Å². The van der Waals surface area contributed by atoms with Crippen LogP contribution in [-0.4, -0.2) is 9.71 Å². The van der Waals surface area contributed by atoms with Gasteiger partial charge in [-0.05, 0) is 0 Å². The van der Waals surface area contributed by atoms with Crippen molar-refractivity contribution in [2.75, 3.05) is 6.16 Å². The molecule has 0 aliphatic rings. The first kappa shape index (κ1) is 12.9. The van der Waals surface area contributed by atoms with Gasteiger partial charge in [0.15, 0.2) is 0 Å². The Bertz CT molecular complexity index is 148. The number of rotatable bonds is 3. The van der Waals surface area contributed by atoms with Gasteiger partial charge in [0.2, 0.25) is 0 Å². The molecule has 12 heavy (non-hydrogen) atoms. The summed E-state index contributed by atoms with van der Waals surface area (Å²) < 4.78 is 0.586. The van der Waals surface area contributed by atoms with Crippen molar-refractivity contribution in [2.45, 2.75) is 38.2 Å². The second-order valence-electron chi connectivity index (χ2n) is 4.66. The van der Waals surface area contributed by atoms with E-state index >= 15 is 0 Å². The van der Waals surface area contributed by atoms with Crippen molar-refractivity contribution >= 4 is 8.58 Å². The van der Waals surface area contributed by atoms with Gasteiger partial charge in [-0.25, -0.2) is 0 Å². The van der Waals surface area contributed by atoms with Gasteiger partial charge in [0.1, 0.15) is 0 Å². The summed E-state index contributed by atoms with van der Waals surface area (Å²) in [5.74, 6) is 0. The van der Waals surface area contributed by atoms with Crippen LogP contribution in [0, 0.1) is 5.41 Å². The second kappa shape index (κ2) is 4.92. The van der Waals surface area contributed by atoms with E-state index < -0.39 is 0 Å². The molecule has 0 aliphatic heterocycles. The molecular formula is C10H20PW. The third-order valence-corrected chi connectivity index (χ3v) is 4.11. The average molecular weight is 355 g/mol. The molecule has 0 aromatic carbocycles. The Kier molecular flexibility index (Phi) is 5.27. The van der Waals surface area contributed by atoms with Crippen LogP contribution in [0.15, 0.2) is 12.2 Å². The van der Waals surface area contributed by atoms with Crippen LogP contribution in [0.2, 0.25) is 0 Å². The van der Waals surface area contributed by atoms with Crippen LogP contribution in [0.3, 0.4) is 0 Å². The summed E-state index contributed by atoms with van der Waals surface area (Å²) in [6, 6.07) is 0. The van der Waals surface area contributed by atoms with Crippen molar-refractivity contribution in [2.24, 2.45) is 5.41 Å². The molecule has 0 amide bonds. The molecule has 0 N–H and O–H groups in total. The summed E-state index contributed by atoms with van der Waals surface area (Å²) >= 11 is 1.71. The minimum atomic E-state index is 0.356. The molecule has 0 spiro atoms. The summed E-state index contributed by atoms with van der Waals surface area (Å²) in [6.07, 6.45) is 5.91. The van der Waals surface area contributed by atoms with Gasteiger partial charge >= 0.3 is 90.3 Å². The van der Waals surface area contributed by atoms with E-state index in [1.54, 1.807) is 19.8 Å². The zero-order valence-electron chi connectivity index (χ0n) is 8.77. The van der Waals surface area contributed by atoms with Crippen LogP contribution in [0.25, 0.3) is 0 Å². The van der Waals surface area contributed by atoms with Crippen molar-refractivity contribution < 1.29 is 19.8 Å². The predicted molar refractivity (Wildman–Crippen MR) is 55.9 cm³/mol. The molecule has 0 aliphatic carbocycles. The fourth-order valence-corrected chi connectivity index (χ4v) is 2.34. The molecule has 0 aromatic rings. The maximum absolute atomic E-state index is 2.34. The van der Waals surface area contributed by atoms with E-state index in [0.29, 0.717) is 8.96 Å². The molecule has 0 nitrogen and oxygen atoms in total. The maximum atomic E-state index is 2.34. The van der Waals surface area contributed by atoms with E-state index in [0.717, 1.165) is 8.58 Å². The van der Waals surface area contributed by atoms with Crippen LogP contribution < -0.4 is 0 Å². The summed E-state index contributed by atoms with van der Waals surface area (Å²) in [7, 11) is 1.08. The van der Waals surface area contributed by atoms with E-state index in [2.05, 4.69) is 46.8 Å². The third kappa shape index (κ3) is 10.9. The number of allylic oxidation sites excluding steroid dienone is 2. The van der Waals surface area contributed by atoms with Crippen molar-refractivity contribution in [1.82, 2.24) is 0 Å². The van der Waals surface area contributed by atoms with Gasteiger partial charge in [-0.15, -0.1) is 0 Å². The topological polar surface area (TPSA) is 0 Å². The summed E-state index contributed by atoms with van der Waals surface area (Å²) in [5.41, 5.74) is 0.356. The van der Waals surface area contributed by atoms with Crippen LogP contribution in [0.5, 0.6) is 0 Å². The van der Waals surface area contributed by atoms with E-state index in [1.807, 2.05) is 0 Å². The van der Waals surface area contributed by atoms with E-state index in [1.165, 1.54) is 6.16 Å². The zero-order valence-corrected chi connectivity index (χ0v) is 12.7. The molecule has 0 rings (SSSR count). The fraction of sp³-hybridized carbons (Fsp3) is 0.800. The Morgan fingerprint density at radius 1 is 1.17 bits per heavy atom. The predicted octanol–water partition coefficient (Wildman–Crippen LogP) is 3.55. The quantitative estimate of drug-likeness (QED) is 0.537. The Hall–Kier alpha value is 0.858. The average Bonchev–Trinajstić information content (AvgIpc) is 1.76. The SMILES string of the molecule is CC(C)(C)/C=C\CP[C](C)(C)[W]. The minimum absolute atomic E-state index is 0.356. The van der Waals surface area contributed by atoms with E-state index in [-0.39, 0.29) is 0 Å². The van der Waals surface area contributed by atoms with Crippen LogP contribution in [-0.2, 0) is 19.8 Å².